The molecule has 2 nitrogen and oxygen atoms in total. The molecular formula is C12H30O2S2. The van der Waals surface area contributed by atoms with Gasteiger partial charge in [0.2, 0.25) is 0 Å². The molecule has 0 spiro atoms. The molecule has 0 aliphatic heterocycles. The van der Waals surface area contributed by atoms with Gasteiger partial charge in [-0.3, -0.25) is 0 Å². The van der Waals surface area contributed by atoms with Crippen LogP contribution in [0.15, 0.2) is 0 Å². The second kappa shape index (κ2) is 7.85. The molecule has 4 heteroatoms. The van der Waals surface area contributed by atoms with E-state index in [-0.39, 0.29) is 0 Å². The van der Waals surface area contributed by atoms with E-state index in [1.165, 1.54) is 37.2 Å². The monoisotopic (exact) mass is 270 g/mol. The summed E-state index contributed by atoms with van der Waals surface area (Å²) in [7, 11) is 2.15. The first-order chi connectivity index (χ1) is 7.33. The molecule has 0 aromatic rings. The van der Waals surface area contributed by atoms with Crippen molar-refractivity contribution in [1.82, 2.24) is 0 Å². The van der Waals surface area contributed by atoms with E-state index in [2.05, 4.69) is 25.0 Å². The Bertz CT molecular complexity index is 162. The number of rotatable bonds is 9. The lowest BCUT2D eigenvalue weighted by molar-refractivity contribution is 0.466. The van der Waals surface area contributed by atoms with Gasteiger partial charge in [0.25, 0.3) is 0 Å². The zero-order valence-corrected chi connectivity index (χ0v) is 13.5. The van der Waals surface area contributed by atoms with Crippen LogP contribution in [0.5, 0.6) is 0 Å². The van der Waals surface area contributed by atoms with Crippen molar-refractivity contribution in [2.75, 3.05) is 50.7 Å². The van der Waals surface area contributed by atoms with Crippen molar-refractivity contribution in [2.45, 2.75) is 25.7 Å². The summed E-state index contributed by atoms with van der Waals surface area (Å²) in [4.78, 5) is 0. The Hall–Kier alpha value is 0.620. The summed E-state index contributed by atoms with van der Waals surface area (Å²) in [6.45, 7) is 0. The predicted molar refractivity (Wildman–Crippen MR) is 81.1 cm³/mol. The van der Waals surface area contributed by atoms with Crippen molar-refractivity contribution in [3.8, 4) is 0 Å². The average molecular weight is 271 g/mol. The molecule has 0 saturated carbocycles. The molecule has 0 aromatic carbocycles. The summed E-state index contributed by atoms with van der Waals surface area (Å²) in [5, 5.41) is 0. The van der Waals surface area contributed by atoms with Gasteiger partial charge in [0.05, 0.1) is 0 Å². The fraction of sp³-hybridized carbons (Fsp3) is 1.00. The maximum absolute atomic E-state index is 5.48. The SMILES string of the molecule is COS(C)(C)CCCCCCS(C)(C)OC. The molecule has 0 radical (unpaired) electrons. The molecule has 0 aliphatic rings. The maximum atomic E-state index is 5.48. The van der Waals surface area contributed by atoms with Crippen LogP contribution >= 0.6 is 20.6 Å². The van der Waals surface area contributed by atoms with Gasteiger partial charge in [-0.2, -0.15) is 0 Å². The zero-order valence-electron chi connectivity index (χ0n) is 11.9. The van der Waals surface area contributed by atoms with Crippen molar-refractivity contribution < 1.29 is 8.37 Å². The highest BCUT2D eigenvalue weighted by molar-refractivity contribution is 8.29. The molecule has 0 atom stereocenters. The molecule has 102 valence electrons. The van der Waals surface area contributed by atoms with Gasteiger partial charge < -0.3 is 8.37 Å². The van der Waals surface area contributed by atoms with E-state index in [4.69, 9.17) is 8.37 Å². The second-order valence-corrected chi connectivity index (χ2v) is 12.3. The fourth-order valence-corrected chi connectivity index (χ4v) is 3.55. The minimum absolute atomic E-state index is 0.759. The van der Waals surface area contributed by atoms with Crippen LogP contribution in [0.1, 0.15) is 25.7 Å². The largest absolute Gasteiger partial charge is 0.340 e. The van der Waals surface area contributed by atoms with Crippen LogP contribution in [-0.2, 0) is 8.37 Å². The van der Waals surface area contributed by atoms with Crippen molar-refractivity contribution in [3.05, 3.63) is 0 Å². The van der Waals surface area contributed by atoms with E-state index in [9.17, 15) is 0 Å². The lowest BCUT2D eigenvalue weighted by Gasteiger charge is -2.29. The lowest BCUT2D eigenvalue weighted by Crippen LogP contribution is -2.04. The molecule has 0 bridgehead atoms. The van der Waals surface area contributed by atoms with E-state index in [1.807, 2.05) is 14.2 Å². The Labute approximate surface area is 106 Å². The second-order valence-electron chi connectivity index (χ2n) is 5.03. The molecule has 0 unspecified atom stereocenters. The summed E-state index contributed by atoms with van der Waals surface area (Å²) in [5.41, 5.74) is 0. The Balaban J connectivity index is 3.42. The van der Waals surface area contributed by atoms with E-state index in [0.717, 1.165) is 0 Å². The lowest BCUT2D eigenvalue weighted by atomic mass is 10.2. The summed E-state index contributed by atoms with van der Waals surface area (Å²) >= 11 is 0. The number of hydrogen-bond acceptors (Lipinski definition) is 2. The van der Waals surface area contributed by atoms with Crippen LogP contribution in [0.4, 0.5) is 0 Å². The van der Waals surface area contributed by atoms with Crippen molar-refractivity contribution in [3.63, 3.8) is 0 Å². The van der Waals surface area contributed by atoms with E-state index >= 15 is 0 Å². The average Bonchev–Trinajstić information content (AvgIpc) is 2.23. The molecule has 0 amide bonds. The van der Waals surface area contributed by atoms with Crippen LogP contribution in [0.3, 0.4) is 0 Å². The Morgan fingerprint density at radius 2 is 0.938 bits per heavy atom. The van der Waals surface area contributed by atoms with Gasteiger partial charge in [-0.25, -0.2) is 0 Å². The van der Waals surface area contributed by atoms with Crippen LogP contribution in [-0.4, -0.2) is 50.7 Å². The Morgan fingerprint density at radius 1 is 0.625 bits per heavy atom. The normalized spacial score (nSPS) is 15.1. The minimum Gasteiger partial charge on any atom is -0.340 e. The molecule has 16 heavy (non-hydrogen) atoms. The van der Waals surface area contributed by atoms with Crippen LogP contribution < -0.4 is 0 Å². The van der Waals surface area contributed by atoms with Gasteiger partial charge >= 0.3 is 0 Å². The van der Waals surface area contributed by atoms with E-state index < -0.39 is 20.6 Å². The third-order valence-corrected chi connectivity index (χ3v) is 7.27. The van der Waals surface area contributed by atoms with Crippen LogP contribution in [0.2, 0.25) is 0 Å². The molecule has 0 saturated heterocycles. The Morgan fingerprint density at radius 3 is 1.19 bits per heavy atom. The van der Waals surface area contributed by atoms with E-state index in [1.54, 1.807) is 0 Å². The van der Waals surface area contributed by atoms with Gasteiger partial charge in [0, 0.05) is 14.2 Å². The maximum Gasteiger partial charge on any atom is 0.0481 e. The standard InChI is InChI=1S/C12H30O2S2/c1-13-15(3,4)11-9-7-8-10-12-16(5,6)14-2/h7-12H2,1-6H3. The molecule has 0 heterocycles. The third kappa shape index (κ3) is 8.74. The quantitative estimate of drug-likeness (QED) is 0.593. The van der Waals surface area contributed by atoms with Gasteiger partial charge in [-0.05, 0) is 49.4 Å². The first-order valence-electron chi connectivity index (χ1n) is 5.86. The molecular weight excluding hydrogens is 240 g/mol. The summed E-state index contributed by atoms with van der Waals surface area (Å²) in [6.07, 6.45) is 14.2. The molecule has 0 N–H and O–H groups in total. The van der Waals surface area contributed by atoms with Gasteiger partial charge in [-0.15, -0.1) is 20.6 Å². The minimum atomic E-state index is -0.759. The highest BCUT2D eigenvalue weighted by atomic mass is 32.3. The zero-order chi connectivity index (χ0) is 12.7. The predicted octanol–water partition coefficient (Wildman–Crippen LogP) is 3.80. The molecule has 0 aromatic heterocycles. The first-order valence-corrected chi connectivity index (χ1v) is 10.9. The molecule has 0 rings (SSSR count). The van der Waals surface area contributed by atoms with Crippen molar-refractivity contribution in [1.29, 1.82) is 0 Å². The number of unbranched alkanes of at least 4 members (excludes halogenated alkanes) is 3. The number of hydrogen-bond donors (Lipinski definition) is 0. The topological polar surface area (TPSA) is 18.5 Å². The van der Waals surface area contributed by atoms with E-state index in [0.29, 0.717) is 0 Å². The van der Waals surface area contributed by atoms with Gasteiger partial charge in [-0.1, -0.05) is 12.8 Å². The van der Waals surface area contributed by atoms with Crippen LogP contribution in [0.25, 0.3) is 0 Å². The van der Waals surface area contributed by atoms with Gasteiger partial charge in [0.15, 0.2) is 0 Å². The van der Waals surface area contributed by atoms with Crippen molar-refractivity contribution >= 4 is 20.6 Å². The highest BCUT2D eigenvalue weighted by Gasteiger charge is 2.10. The van der Waals surface area contributed by atoms with Crippen molar-refractivity contribution in [2.24, 2.45) is 0 Å². The smallest absolute Gasteiger partial charge is 0.0481 e. The highest BCUT2D eigenvalue weighted by Crippen LogP contribution is 2.42. The van der Waals surface area contributed by atoms with Gasteiger partial charge in [0.1, 0.15) is 0 Å². The molecule has 0 fully saturated rings. The third-order valence-electron chi connectivity index (χ3n) is 2.92. The van der Waals surface area contributed by atoms with Crippen LogP contribution in [0, 0.1) is 0 Å². The summed E-state index contributed by atoms with van der Waals surface area (Å²) in [5.74, 6) is 2.48. The summed E-state index contributed by atoms with van der Waals surface area (Å²) < 4.78 is 11.0. The Kier molecular flexibility index (Phi) is 8.16. The molecule has 0 aliphatic carbocycles. The fourth-order valence-electron chi connectivity index (χ4n) is 1.42. The first kappa shape index (κ1) is 16.6. The summed E-state index contributed by atoms with van der Waals surface area (Å²) in [6, 6.07) is 0.